The van der Waals surface area contributed by atoms with E-state index < -0.39 is 15.9 Å². The molecule has 1 aromatic rings. The SMILES string of the molecule is CS(=O)(=O)c1ccc(C(O)CNCC2CCCC2O)cc1. The van der Waals surface area contributed by atoms with Gasteiger partial charge in [0.2, 0.25) is 0 Å². The van der Waals surface area contributed by atoms with Gasteiger partial charge in [-0.15, -0.1) is 0 Å². The maximum absolute atomic E-state index is 11.4. The van der Waals surface area contributed by atoms with Gasteiger partial charge < -0.3 is 15.5 Å². The zero-order valence-electron chi connectivity index (χ0n) is 12.2. The molecule has 118 valence electrons. The number of hydrogen-bond donors (Lipinski definition) is 3. The van der Waals surface area contributed by atoms with Crippen LogP contribution in [0.4, 0.5) is 0 Å². The van der Waals surface area contributed by atoms with E-state index in [-0.39, 0.29) is 16.9 Å². The summed E-state index contributed by atoms with van der Waals surface area (Å²) in [7, 11) is -3.20. The van der Waals surface area contributed by atoms with Crippen LogP contribution < -0.4 is 5.32 Å². The molecule has 6 heteroatoms. The lowest BCUT2D eigenvalue weighted by atomic mass is 10.1. The lowest BCUT2D eigenvalue weighted by Crippen LogP contribution is -2.30. The summed E-state index contributed by atoms with van der Waals surface area (Å²) in [4.78, 5) is 0.250. The van der Waals surface area contributed by atoms with Crippen LogP contribution in [0.3, 0.4) is 0 Å². The van der Waals surface area contributed by atoms with Crippen molar-refractivity contribution in [1.29, 1.82) is 0 Å². The Labute approximate surface area is 125 Å². The van der Waals surface area contributed by atoms with Gasteiger partial charge in [-0.05, 0) is 36.5 Å². The zero-order chi connectivity index (χ0) is 15.5. The van der Waals surface area contributed by atoms with Gasteiger partial charge in [-0.2, -0.15) is 0 Å². The molecule has 1 aliphatic rings. The molecule has 3 atom stereocenters. The van der Waals surface area contributed by atoms with E-state index in [1.54, 1.807) is 12.1 Å². The molecule has 1 aromatic carbocycles. The van der Waals surface area contributed by atoms with Crippen molar-refractivity contribution in [3.63, 3.8) is 0 Å². The molecule has 1 fully saturated rings. The summed E-state index contributed by atoms with van der Waals surface area (Å²) in [5.41, 5.74) is 0.682. The molecule has 3 N–H and O–H groups in total. The Morgan fingerprint density at radius 3 is 2.48 bits per heavy atom. The quantitative estimate of drug-likeness (QED) is 0.725. The first kappa shape index (κ1) is 16.4. The van der Waals surface area contributed by atoms with Crippen LogP contribution in [0.2, 0.25) is 0 Å². The highest BCUT2D eigenvalue weighted by atomic mass is 32.2. The average molecular weight is 313 g/mol. The van der Waals surface area contributed by atoms with Crippen LogP contribution in [-0.2, 0) is 9.84 Å². The van der Waals surface area contributed by atoms with Crippen molar-refractivity contribution in [3.8, 4) is 0 Å². The van der Waals surface area contributed by atoms with E-state index in [0.717, 1.165) is 25.5 Å². The molecular weight excluding hydrogens is 290 g/mol. The van der Waals surface area contributed by atoms with E-state index in [2.05, 4.69) is 5.32 Å². The highest BCUT2D eigenvalue weighted by Crippen LogP contribution is 2.24. The molecule has 0 radical (unpaired) electrons. The number of hydrogen-bond acceptors (Lipinski definition) is 5. The minimum absolute atomic E-state index is 0.233. The van der Waals surface area contributed by atoms with E-state index in [0.29, 0.717) is 18.7 Å². The molecule has 1 saturated carbocycles. The van der Waals surface area contributed by atoms with Gasteiger partial charge in [0.25, 0.3) is 0 Å². The summed E-state index contributed by atoms with van der Waals surface area (Å²) >= 11 is 0. The molecule has 21 heavy (non-hydrogen) atoms. The highest BCUT2D eigenvalue weighted by Gasteiger charge is 2.24. The second kappa shape index (κ2) is 6.87. The maximum atomic E-state index is 11.4. The molecular formula is C15H23NO4S. The van der Waals surface area contributed by atoms with Crippen molar-refractivity contribution in [1.82, 2.24) is 5.32 Å². The summed E-state index contributed by atoms with van der Waals surface area (Å²) in [6, 6.07) is 6.28. The van der Waals surface area contributed by atoms with Gasteiger partial charge in [0.15, 0.2) is 9.84 Å². The van der Waals surface area contributed by atoms with Crippen LogP contribution in [0.15, 0.2) is 29.2 Å². The summed E-state index contributed by atoms with van der Waals surface area (Å²) in [5.74, 6) is 0.268. The molecule has 0 bridgehead atoms. The molecule has 1 aliphatic carbocycles. The van der Waals surface area contributed by atoms with Crippen molar-refractivity contribution in [2.24, 2.45) is 5.92 Å². The number of aliphatic hydroxyl groups excluding tert-OH is 2. The van der Waals surface area contributed by atoms with E-state index in [1.165, 1.54) is 12.1 Å². The van der Waals surface area contributed by atoms with Crippen LogP contribution in [-0.4, -0.2) is 44.1 Å². The van der Waals surface area contributed by atoms with Crippen LogP contribution in [0.5, 0.6) is 0 Å². The van der Waals surface area contributed by atoms with Crippen LogP contribution >= 0.6 is 0 Å². The van der Waals surface area contributed by atoms with E-state index in [9.17, 15) is 18.6 Å². The Kier molecular flexibility index (Phi) is 5.37. The first-order chi connectivity index (χ1) is 9.88. The molecule has 0 spiro atoms. The lowest BCUT2D eigenvalue weighted by molar-refractivity contribution is 0.124. The molecule has 0 amide bonds. The van der Waals surface area contributed by atoms with Crippen molar-refractivity contribution < 1.29 is 18.6 Å². The van der Waals surface area contributed by atoms with Gasteiger partial charge in [-0.1, -0.05) is 18.6 Å². The standard InChI is InChI=1S/C15H23NO4S/c1-21(19,20)13-7-5-11(6-8-13)15(18)10-16-9-12-3-2-4-14(12)17/h5-8,12,14-18H,2-4,9-10H2,1H3. The van der Waals surface area contributed by atoms with E-state index >= 15 is 0 Å². The Morgan fingerprint density at radius 2 is 1.95 bits per heavy atom. The van der Waals surface area contributed by atoms with Crippen molar-refractivity contribution in [2.45, 2.75) is 36.4 Å². The number of sulfone groups is 1. The normalized spacial score (nSPS) is 24.1. The van der Waals surface area contributed by atoms with Gasteiger partial charge in [0, 0.05) is 19.3 Å². The zero-order valence-corrected chi connectivity index (χ0v) is 13.0. The fraction of sp³-hybridized carbons (Fsp3) is 0.600. The lowest BCUT2D eigenvalue weighted by Gasteiger charge is -2.17. The summed E-state index contributed by atoms with van der Waals surface area (Å²) in [6.07, 6.45) is 3.19. The van der Waals surface area contributed by atoms with E-state index in [4.69, 9.17) is 0 Å². The third-order valence-electron chi connectivity index (χ3n) is 4.06. The van der Waals surface area contributed by atoms with Crippen molar-refractivity contribution >= 4 is 9.84 Å². The molecule has 0 saturated heterocycles. The predicted molar refractivity (Wildman–Crippen MR) is 80.7 cm³/mol. The van der Waals surface area contributed by atoms with Gasteiger partial charge in [0.1, 0.15) is 0 Å². The Bertz CT molecular complexity index is 556. The topological polar surface area (TPSA) is 86.6 Å². The second-order valence-electron chi connectivity index (χ2n) is 5.77. The first-order valence-electron chi connectivity index (χ1n) is 7.25. The van der Waals surface area contributed by atoms with Crippen molar-refractivity contribution in [2.75, 3.05) is 19.3 Å². The Morgan fingerprint density at radius 1 is 1.29 bits per heavy atom. The summed E-state index contributed by atoms with van der Waals surface area (Å²) < 4.78 is 22.7. The predicted octanol–water partition coefficient (Wildman–Crippen LogP) is 0.874. The molecule has 3 unspecified atom stereocenters. The number of aliphatic hydroxyl groups is 2. The maximum Gasteiger partial charge on any atom is 0.175 e. The van der Waals surface area contributed by atoms with Crippen LogP contribution in [0.1, 0.15) is 30.9 Å². The molecule has 5 nitrogen and oxygen atoms in total. The average Bonchev–Trinajstić information content (AvgIpc) is 2.83. The smallest absolute Gasteiger partial charge is 0.175 e. The minimum Gasteiger partial charge on any atom is -0.393 e. The molecule has 0 aromatic heterocycles. The Balaban J connectivity index is 1.84. The minimum atomic E-state index is -3.20. The highest BCUT2D eigenvalue weighted by molar-refractivity contribution is 7.90. The third-order valence-corrected chi connectivity index (χ3v) is 5.18. The van der Waals surface area contributed by atoms with Gasteiger partial charge in [0.05, 0.1) is 17.1 Å². The fourth-order valence-corrected chi connectivity index (χ4v) is 3.35. The molecule has 0 aliphatic heterocycles. The Hall–Kier alpha value is -0.950. The third kappa shape index (κ3) is 4.51. The molecule has 2 rings (SSSR count). The van der Waals surface area contributed by atoms with E-state index in [1.807, 2.05) is 0 Å². The van der Waals surface area contributed by atoms with Crippen molar-refractivity contribution in [3.05, 3.63) is 29.8 Å². The van der Waals surface area contributed by atoms with Crippen LogP contribution in [0, 0.1) is 5.92 Å². The number of rotatable bonds is 6. The number of nitrogens with one attached hydrogen (secondary N) is 1. The number of benzene rings is 1. The monoisotopic (exact) mass is 313 g/mol. The first-order valence-corrected chi connectivity index (χ1v) is 9.14. The summed E-state index contributed by atoms with van der Waals surface area (Å²) in [5, 5.41) is 23.0. The fourth-order valence-electron chi connectivity index (χ4n) is 2.72. The van der Waals surface area contributed by atoms with Gasteiger partial charge in [-0.3, -0.25) is 0 Å². The van der Waals surface area contributed by atoms with Gasteiger partial charge >= 0.3 is 0 Å². The molecule has 0 heterocycles. The van der Waals surface area contributed by atoms with Crippen LogP contribution in [0.25, 0.3) is 0 Å². The summed E-state index contributed by atoms with van der Waals surface area (Å²) in [6.45, 7) is 1.08. The van der Waals surface area contributed by atoms with Gasteiger partial charge in [-0.25, -0.2) is 8.42 Å². The largest absolute Gasteiger partial charge is 0.393 e. The second-order valence-corrected chi connectivity index (χ2v) is 7.79.